The lowest BCUT2D eigenvalue weighted by molar-refractivity contribution is 0.0953. The molecular weight excluding hydrogens is 380 g/mol. The molecule has 2 aromatic carbocycles. The number of halogens is 1. The van der Waals surface area contributed by atoms with E-state index in [1.54, 1.807) is 23.9 Å². The zero-order valence-corrected chi connectivity index (χ0v) is 16.3. The average molecular weight is 399 g/mol. The monoisotopic (exact) mass is 398 g/mol. The molecule has 25 heavy (non-hydrogen) atoms. The zero-order valence-electron chi connectivity index (χ0n) is 13.9. The minimum absolute atomic E-state index is 0.0852. The molecule has 2 aromatic rings. The molecule has 0 aromatic heterocycles. The molecule has 0 fully saturated rings. The third-order valence-electron chi connectivity index (χ3n) is 3.50. The smallest absolute Gasteiger partial charge is 0.251 e. The molecule has 0 saturated carbocycles. The fourth-order valence-electron chi connectivity index (χ4n) is 2.15. The number of nitrogens with one attached hydrogen (secondary N) is 2. The predicted octanol–water partition coefficient (Wildman–Crippen LogP) is 3.08. The van der Waals surface area contributed by atoms with E-state index in [2.05, 4.69) is 10.0 Å². The molecule has 2 rings (SSSR count). The van der Waals surface area contributed by atoms with Gasteiger partial charge in [-0.25, -0.2) is 13.1 Å². The normalized spacial score (nSPS) is 11.3. The summed E-state index contributed by atoms with van der Waals surface area (Å²) in [6, 6.07) is 11.7. The molecule has 0 aliphatic carbocycles. The van der Waals surface area contributed by atoms with Crippen LogP contribution >= 0.6 is 23.4 Å². The van der Waals surface area contributed by atoms with Gasteiger partial charge in [-0.2, -0.15) is 0 Å². The zero-order chi connectivity index (χ0) is 18.4. The van der Waals surface area contributed by atoms with Crippen molar-refractivity contribution >= 4 is 39.3 Å². The standard InChI is InChI=1S/C17H19ClN2O3S2/c1-12-6-7-14(24-2)11-16(12)17(21)19-8-9-20-25(22,23)15-5-3-4-13(18)10-15/h3-7,10-11,20H,8-9H2,1-2H3,(H,19,21). The maximum atomic E-state index is 12.3. The number of amides is 1. The van der Waals surface area contributed by atoms with Crippen molar-refractivity contribution in [3.63, 3.8) is 0 Å². The maximum Gasteiger partial charge on any atom is 0.251 e. The Morgan fingerprint density at radius 3 is 2.60 bits per heavy atom. The number of hydrogen-bond acceptors (Lipinski definition) is 4. The van der Waals surface area contributed by atoms with Crippen LogP contribution < -0.4 is 10.0 Å². The fourth-order valence-corrected chi connectivity index (χ4v) is 3.92. The molecular formula is C17H19ClN2O3S2. The minimum atomic E-state index is -3.65. The van der Waals surface area contributed by atoms with Gasteiger partial charge in [-0.1, -0.05) is 23.7 Å². The molecule has 2 N–H and O–H groups in total. The lowest BCUT2D eigenvalue weighted by Gasteiger charge is -2.10. The van der Waals surface area contributed by atoms with Crippen molar-refractivity contribution in [1.29, 1.82) is 0 Å². The predicted molar refractivity (Wildman–Crippen MR) is 102 cm³/mol. The summed E-state index contributed by atoms with van der Waals surface area (Å²) in [6.07, 6.45) is 1.94. The Balaban J connectivity index is 1.92. The van der Waals surface area contributed by atoms with Crippen molar-refractivity contribution in [1.82, 2.24) is 10.0 Å². The first kappa shape index (κ1) is 19.8. The van der Waals surface area contributed by atoms with Crippen molar-refractivity contribution in [3.05, 3.63) is 58.6 Å². The number of carbonyl (C=O) groups is 1. The summed E-state index contributed by atoms with van der Waals surface area (Å²) in [5, 5.41) is 3.07. The van der Waals surface area contributed by atoms with Gasteiger partial charge in [0.15, 0.2) is 0 Å². The van der Waals surface area contributed by atoms with E-state index < -0.39 is 10.0 Å². The van der Waals surface area contributed by atoms with E-state index in [1.165, 1.54) is 12.1 Å². The summed E-state index contributed by atoms with van der Waals surface area (Å²) >= 11 is 7.37. The third kappa shape index (κ3) is 5.47. The van der Waals surface area contributed by atoms with Gasteiger partial charge in [-0.15, -0.1) is 11.8 Å². The van der Waals surface area contributed by atoms with Crippen molar-refractivity contribution in [3.8, 4) is 0 Å². The molecule has 0 aliphatic heterocycles. The first-order valence-corrected chi connectivity index (χ1v) is 10.6. The molecule has 5 nitrogen and oxygen atoms in total. The van der Waals surface area contributed by atoms with E-state index in [9.17, 15) is 13.2 Å². The van der Waals surface area contributed by atoms with E-state index in [0.717, 1.165) is 10.5 Å². The number of sulfonamides is 1. The Labute approximate surface area is 157 Å². The second kappa shape index (κ2) is 8.71. The summed E-state index contributed by atoms with van der Waals surface area (Å²) in [7, 11) is -3.65. The van der Waals surface area contributed by atoms with E-state index in [0.29, 0.717) is 10.6 Å². The van der Waals surface area contributed by atoms with Crippen LogP contribution in [0.5, 0.6) is 0 Å². The van der Waals surface area contributed by atoms with Crippen LogP contribution in [0.15, 0.2) is 52.3 Å². The van der Waals surface area contributed by atoms with E-state index in [1.807, 2.05) is 31.4 Å². The number of aryl methyl sites for hydroxylation is 1. The lowest BCUT2D eigenvalue weighted by Crippen LogP contribution is -2.35. The van der Waals surface area contributed by atoms with Crippen LogP contribution in [-0.4, -0.2) is 33.7 Å². The quantitative estimate of drug-likeness (QED) is 0.555. The molecule has 0 atom stereocenters. The highest BCUT2D eigenvalue weighted by atomic mass is 35.5. The average Bonchev–Trinajstić information content (AvgIpc) is 2.59. The van der Waals surface area contributed by atoms with Gasteiger partial charge in [0, 0.05) is 28.6 Å². The fraction of sp³-hybridized carbons (Fsp3) is 0.235. The van der Waals surface area contributed by atoms with Gasteiger partial charge in [0.05, 0.1) is 4.90 Å². The van der Waals surface area contributed by atoms with E-state index in [4.69, 9.17) is 11.6 Å². The SMILES string of the molecule is CSc1ccc(C)c(C(=O)NCCNS(=O)(=O)c2cccc(Cl)c2)c1. The first-order chi connectivity index (χ1) is 11.8. The molecule has 8 heteroatoms. The van der Waals surface area contributed by atoms with Crippen LogP contribution in [0.3, 0.4) is 0 Å². The Bertz CT molecular complexity index is 870. The van der Waals surface area contributed by atoms with Gasteiger partial charge in [-0.3, -0.25) is 4.79 Å². The van der Waals surface area contributed by atoms with Crippen molar-refractivity contribution < 1.29 is 13.2 Å². The number of rotatable bonds is 7. The Morgan fingerprint density at radius 1 is 1.16 bits per heavy atom. The van der Waals surface area contributed by atoms with Crippen LogP contribution in [0.4, 0.5) is 0 Å². The summed E-state index contributed by atoms with van der Waals surface area (Å²) in [6.45, 7) is 2.13. The summed E-state index contributed by atoms with van der Waals surface area (Å²) < 4.78 is 26.7. The third-order valence-corrected chi connectivity index (χ3v) is 5.92. The van der Waals surface area contributed by atoms with Gasteiger partial charge < -0.3 is 5.32 Å². The van der Waals surface area contributed by atoms with Gasteiger partial charge in [-0.05, 0) is 49.1 Å². The first-order valence-electron chi connectivity index (χ1n) is 7.51. The number of thioether (sulfide) groups is 1. The molecule has 0 radical (unpaired) electrons. The van der Waals surface area contributed by atoms with Crippen molar-refractivity contribution in [2.24, 2.45) is 0 Å². The van der Waals surface area contributed by atoms with E-state index >= 15 is 0 Å². The highest BCUT2D eigenvalue weighted by Crippen LogP contribution is 2.19. The maximum absolute atomic E-state index is 12.3. The summed E-state index contributed by atoms with van der Waals surface area (Å²) in [5.41, 5.74) is 1.46. The topological polar surface area (TPSA) is 75.3 Å². The van der Waals surface area contributed by atoms with Gasteiger partial charge in [0.1, 0.15) is 0 Å². The molecule has 0 spiro atoms. The summed E-state index contributed by atoms with van der Waals surface area (Å²) in [4.78, 5) is 13.3. The van der Waals surface area contributed by atoms with Crippen LogP contribution in [0.25, 0.3) is 0 Å². The Morgan fingerprint density at radius 2 is 1.92 bits per heavy atom. The molecule has 0 saturated heterocycles. The number of benzene rings is 2. The van der Waals surface area contributed by atoms with Crippen LogP contribution in [-0.2, 0) is 10.0 Å². The largest absolute Gasteiger partial charge is 0.351 e. The van der Waals surface area contributed by atoms with Gasteiger partial charge in [0.2, 0.25) is 10.0 Å². The number of hydrogen-bond donors (Lipinski definition) is 2. The molecule has 0 bridgehead atoms. The molecule has 0 heterocycles. The molecule has 1 amide bonds. The lowest BCUT2D eigenvalue weighted by atomic mass is 10.1. The molecule has 0 unspecified atom stereocenters. The van der Waals surface area contributed by atoms with Crippen LogP contribution in [0.2, 0.25) is 5.02 Å². The van der Waals surface area contributed by atoms with Crippen LogP contribution in [0, 0.1) is 6.92 Å². The highest BCUT2D eigenvalue weighted by molar-refractivity contribution is 7.98. The van der Waals surface area contributed by atoms with Crippen molar-refractivity contribution in [2.75, 3.05) is 19.3 Å². The minimum Gasteiger partial charge on any atom is -0.351 e. The summed E-state index contributed by atoms with van der Waals surface area (Å²) in [5.74, 6) is -0.227. The van der Waals surface area contributed by atoms with Crippen molar-refractivity contribution in [2.45, 2.75) is 16.7 Å². The van der Waals surface area contributed by atoms with Gasteiger partial charge >= 0.3 is 0 Å². The second-order valence-electron chi connectivity index (χ2n) is 5.29. The second-order valence-corrected chi connectivity index (χ2v) is 8.37. The van der Waals surface area contributed by atoms with Gasteiger partial charge in [0.25, 0.3) is 5.91 Å². The molecule has 0 aliphatic rings. The Kier molecular flexibility index (Phi) is 6.89. The highest BCUT2D eigenvalue weighted by Gasteiger charge is 2.14. The number of carbonyl (C=O) groups excluding carboxylic acids is 1. The van der Waals surface area contributed by atoms with Crippen LogP contribution in [0.1, 0.15) is 15.9 Å². The Hall–Kier alpha value is -1.54. The van der Waals surface area contributed by atoms with E-state index in [-0.39, 0.29) is 23.9 Å². The molecule has 134 valence electrons.